The molecule has 0 radical (unpaired) electrons. The second-order valence-electron chi connectivity index (χ2n) is 7.99. The third-order valence-electron chi connectivity index (χ3n) is 5.79. The van der Waals surface area contributed by atoms with Gasteiger partial charge in [-0.1, -0.05) is 30.3 Å². The molecule has 0 N–H and O–H groups in total. The number of carbonyl (C=O) groups is 1. The van der Waals surface area contributed by atoms with E-state index in [1.165, 1.54) is 16.8 Å². The molecule has 3 heterocycles. The Bertz CT molecular complexity index is 1490. The van der Waals surface area contributed by atoms with Crippen molar-refractivity contribution in [2.24, 2.45) is 0 Å². The van der Waals surface area contributed by atoms with Gasteiger partial charge in [-0.05, 0) is 18.2 Å². The Morgan fingerprint density at radius 3 is 2.42 bits per heavy atom. The maximum atomic E-state index is 13.4. The Labute approximate surface area is 191 Å². The monoisotopic (exact) mass is 487 g/mol. The number of aromatic nitrogens is 2. The van der Waals surface area contributed by atoms with Crippen LogP contribution in [0, 0.1) is 0 Å². The van der Waals surface area contributed by atoms with Gasteiger partial charge < -0.3 is 9.64 Å². The summed E-state index contributed by atoms with van der Waals surface area (Å²) in [6.07, 6.45) is 1.10. The van der Waals surface area contributed by atoms with Crippen LogP contribution < -0.4 is 0 Å². The van der Waals surface area contributed by atoms with Gasteiger partial charge in [0.1, 0.15) is 0 Å². The molecule has 5 rings (SSSR count). The zero-order chi connectivity index (χ0) is 23.4. The van der Waals surface area contributed by atoms with Gasteiger partial charge in [-0.2, -0.15) is 5.10 Å². The molecule has 9 nitrogen and oxygen atoms in total. The van der Waals surface area contributed by atoms with Gasteiger partial charge in [0.05, 0.1) is 40.1 Å². The van der Waals surface area contributed by atoms with Gasteiger partial charge in [0.25, 0.3) is 5.91 Å². The predicted octanol–water partition coefficient (Wildman–Crippen LogP) is 1.70. The van der Waals surface area contributed by atoms with Crippen LogP contribution in [0.25, 0.3) is 16.9 Å². The minimum atomic E-state index is -3.72. The first-order valence-corrected chi connectivity index (χ1v) is 13.8. The fourth-order valence-corrected chi connectivity index (χ4v) is 6.73. The highest BCUT2D eigenvalue weighted by Gasteiger charge is 2.37. The first kappa shape index (κ1) is 21.8. The van der Waals surface area contributed by atoms with Crippen molar-refractivity contribution in [2.45, 2.75) is 15.5 Å². The average Bonchev–Trinajstić information content (AvgIpc) is 3.17. The van der Waals surface area contributed by atoms with Crippen LogP contribution in [0.15, 0.2) is 58.3 Å². The molecule has 2 aliphatic rings. The lowest BCUT2D eigenvalue weighted by molar-refractivity contribution is 0.0298. The Morgan fingerprint density at radius 2 is 1.70 bits per heavy atom. The molecular weight excluding hydrogens is 466 g/mol. The number of benzene rings is 2. The van der Waals surface area contributed by atoms with Crippen molar-refractivity contribution in [1.82, 2.24) is 14.7 Å². The van der Waals surface area contributed by atoms with Crippen molar-refractivity contribution in [3.8, 4) is 16.9 Å². The molecular formula is C22H21N3O6S2. The van der Waals surface area contributed by atoms with Crippen molar-refractivity contribution >= 4 is 25.6 Å². The first-order chi connectivity index (χ1) is 15.7. The molecule has 33 heavy (non-hydrogen) atoms. The number of sulfone groups is 2. The van der Waals surface area contributed by atoms with Crippen LogP contribution in [-0.4, -0.2) is 70.0 Å². The Morgan fingerprint density at radius 1 is 1.03 bits per heavy atom. The van der Waals surface area contributed by atoms with E-state index >= 15 is 0 Å². The average molecular weight is 488 g/mol. The van der Waals surface area contributed by atoms with E-state index in [0.717, 1.165) is 6.26 Å². The van der Waals surface area contributed by atoms with E-state index in [9.17, 15) is 21.6 Å². The standard InChI is InChI=1S/C22H21N3O6S2/c1-32(27,28)19-9-5-3-7-17(19)25-21-15-6-2-4-8-18(15)33(29,30)14-16(21)20(23-25)22(26)24-10-12-31-13-11-24/h2-9H,10-14H2,1H3. The summed E-state index contributed by atoms with van der Waals surface area (Å²) >= 11 is 0. The highest BCUT2D eigenvalue weighted by molar-refractivity contribution is 7.91. The highest BCUT2D eigenvalue weighted by Crippen LogP contribution is 2.41. The minimum absolute atomic E-state index is 0.00767. The van der Waals surface area contributed by atoms with Crippen molar-refractivity contribution in [3.63, 3.8) is 0 Å². The molecule has 0 spiro atoms. The van der Waals surface area contributed by atoms with Crippen LogP contribution in [-0.2, 0) is 30.2 Å². The molecule has 2 aromatic carbocycles. The number of amides is 1. The van der Waals surface area contributed by atoms with E-state index in [-0.39, 0.29) is 26.7 Å². The first-order valence-electron chi connectivity index (χ1n) is 10.3. The zero-order valence-electron chi connectivity index (χ0n) is 17.8. The van der Waals surface area contributed by atoms with Crippen LogP contribution in [0.1, 0.15) is 16.1 Å². The van der Waals surface area contributed by atoms with Gasteiger partial charge in [-0.15, -0.1) is 0 Å². The lowest BCUT2D eigenvalue weighted by Gasteiger charge is -2.26. The normalized spacial score (nSPS) is 17.3. The second-order valence-corrected chi connectivity index (χ2v) is 11.9. The van der Waals surface area contributed by atoms with Gasteiger partial charge in [-0.3, -0.25) is 4.79 Å². The summed E-state index contributed by atoms with van der Waals surface area (Å²) in [5, 5.41) is 4.53. The lowest BCUT2D eigenvalue weighted by atomic mass is 10.0. The maximum Gasteiger partial charge on any atom is 0.274 e. The zero-order valence-corrected chi connectivity index (χ0v) is 19.4. The number of fused-ring (bicyclic) bond motifs is 3. The summed E-state index contributed by atoms with van der Waals surface area (Å²) in [5.74, 6) is -0.800. The molecule has 11 heteroatoms. The molecule has 3 aromatic rings. The van der Waals surface area contributed by atoms with E-state index < -0.39 is 31.3 Å². The summed E-state index contributed by atoms with van der Waals surface area (Å²) in [6.45, 7) is 1.49. The van der Waals surface area contributed by atoms with Crippen LogP contribution in [0.4, 0.5) is 0 Å². The van der Waals surface area contributed by atoms with E-state index in [4.69, 9.17) is 4.74 Å². The van der Waals surface area contributed by atoms with Gasteiger partial charge in [0.2, 0.25) is 0 Å². The Balaban J connectivity index is 1.82. The maximum absolute atomic E-state index is 13.4. The van der Waals surface area contributed by atoms with Crippen molar-refractivity contribution in [3.05, 3.63) is 59.8 Å². The molecule has 0 bridgehead atoms. The second kappa shape index (κ2) is 7.79. The summed E-state index contributed by atoms with van der Waals surface area (Å²) in [4.78, 5) is 15.1. The Kier molecular flexibility index (Phi) is 5.15. The van der Waals surface area contributed by atoms with Crippen LogP contribution in [0.5, 0.6) is 0 Å². The molecule has 172 valence electrons. The van der Waals surface area contributed by atoms with E-state index in [2.05, 4.69) is 5.10 Å². The number of morpholine rings is 1. The summed E-state index contributed by atoms with van der Waals surface area (Å²) in [7, 11) is -7.35. The van der Waals surface area contributed by atoms with Crippen molar-refractivity contribution < 1.29 is 26.4 Å². The fraction of sp³-hybridized carbons (Fsp3) is 0.273. The molecule has 1 fully saturated rings. The van der Waals surface area contributed by atoms with Crippen LogP contribution >= 0.6 is 0 Å². The van der Waals surface area contributed by atoms with Crippen LogP contribution in [0.3, 0.4) is 0 Å². The lowest BCUT2D eigenvalue weighted by Crippen LogP contribution is -2.41. The molecule has 1 amide bonds. The largest absolute Gasteiger partial charge is 0.378 e. The van der Waals surface area contributed by atoms with E-state index in [1.54, 1.807) is 41.3 Å². The van der Waals surface area contributed by atoms with Crippen molar-refractivity contribution in [1.29, 1.82) is 0 Å². The van der Waals surface area contributed by atoms with Gasteiger partial charge in [0.15, 0.2) is 25.4 Å². The molecule has 0 aliphatic carbocycles. The topological polar surface area (TPSA) is 116 Å². The molecule has 2 aliphatic heterocycles. The smallest absolute Gasteiger partial charge is 0.274 e. The molecule has 1 aromatic heterocycles. The van der Waals surface area contributed by atoms with E-state index in [1.807, 2.05) is 0 Å². The summed E-state index contributed by atoms with van der Waals surface area (Å²) < 4.78 is 57.9. The predicted molar refractivity (Wildman–Crippen MR) is 120 cm³/mol. The fourth-order valence-electron chi connectivity index (χ4n) is 4.27. The van der Waals surface area contributed by atoms with Gasteiger partial charge in [-0.25, -0.2) is 21.5 Å². The molecule has 0 atom stereocenters. The third-order valence-corrected chi connectivity index (χ3v) is 8.63. The number of rotatable bonds is 3. The molecule has 0 saturated carbocycles. The Hall–Kier alpha value is -3.02. The van der Waals surface area contributed by atoms with E-state index in [0.29, 0.717) is 37.6 Å². The highest BCUT2D eigenvalue weighted by atomic mass is 32.2. The quantitative estimate of drug-likeness (QED) is 0.552. The number of nitrogens with zero attached hydrogens (tertiary/aromatic N) is 3. The number of hydrogen-bond donors (Lipinski definition) is 0. The molecule has 0 unspecified atom stereocenters. The van der Waals surface area contributed by atoms with Gasteiger partial charge >= 0.3 is 0 Å². The summed E-state index contributed by atoms with van der Waals surface area (Å²) in [6, 6.07) is 12.8. The van der Waals surface area contributed by atoms with Crippen molar-refractivity contribution in [2.75, 3.05) is 32.6 Å². The number of carbonyl (C=O) groups excluding carboxylic acids is 1. The number of hydrogen-bond acceptors (Lipinski definition) is 7. The van der Waals surface area contributed by atoms with Gasteiger partial charge in [0, 0.05) is 30.5 Å². The third kappa shape index (κ3) is 3.65. The summed E-state index contributed by atoms with van der Waals surface area (Å²) in [5.41, 5.74) is 1.33. The minimum Gasteiger partial charge on any atom is -0.378 e. The number of ether oxygens (including phenoxy) is 1. The number of para-hydroxylation sites is 1. The SMILES string of the molecule is CS(=O)(=O)c1ccccc1-n1nc(C(=O)N2CCOCC2)c2c1-c1ccccc1S(=O)(=O)C2. The molecule has 1 saturated heterocycles. The van der Waals surface area contributed by atoms with Crippen LogP contribution in [0.2, 0.25) is 0 Å².